The summed E-state index contributed by atoms with van der Waals surface area (Å²) in [7, 11) is 0. The van der Waals surface area contributed by atoms with Gasteiger partial charge in [-0.1, -0.05) is 19.9 Å². The van der Waals surface area contributed by atoms with E-state index >= 15 is 0 Å². The van der Waals surface area contributed by atoms with Gasteiger partial charge in [0.25, 0.3) is 5.91 Å². The molecule has 2 heterocycles. The smallest absolute Gasteiger partial charge is 0.272 e. The van der Waals surface area contributed by atoms with Gasteiger partial charge in [0.05, 0.1) is 16.9 Å². The molecule has 0 atom stereocenters. The van der Waals surface area contributed by atoms with Crippen molar-refractivity contribution in [1.29, 1.82) is 0 Å². The second kappa shape index (κ2) is 7.38. The number of likely N-dealkylation sites (tertiary alicyclic amines) is 1. The Hall–Kier alpha value is -2.28. The van der Waals surface area contributed by atoms with Crippen molar-refractivity contribution in [2.45, 2.75) is 51.7 Å². The summed E-state index contributed by atoms with van der Waals surface area (Å²) in [5.74, 6) is -1.49. The molecular weight excluding hydrogens is 352 g/mol. The number of aryl methyl sites for hydroxylation is 1. The van der Waals surface area contributed by atoms with Gasteiger partial charge >= 0.3 is 0 Å². The number of benzene rings is 1. The van der Waals surface area contributed by atoms with Crippen LogP contribution in [0, 0.1) is 11.6 Å². The second-order valence-corrected chi connectivity index (χ2v) is 7.35. The number of halogens is 2. The fourth-order valence-corrected chi connectivity index (χ4v) is 3.57. The molecule has 1 aromatic carbocycles. The molecule has 0 unspecified atom stereocenters. The largest absolute Gasteiger partial charge is 0.385 e. The number of carbonyl (C=O) groups excluding carboxylic acids is 1. The summed E-state index contributed by atoms with van der Waals surface area (Å²) < 4.78 is 29.8. The summed E-state index contributed by atoms with van der Waals surface area (Å²) in [6, 6.07) is 5.35. The minimum absolute atomic E-state index is 0.0773. The highest BCUT2D eigenvalue weighted by Crippen LogP contribution is 2.36. The molecule has 1 aliphatic rings. The normalized spacial score (nSPS) is 16.8. The lowest BCUT2D eigenvalue weighted by atomic mass is 9.83. The molecule has 0 aliphatic carbocycles. The monoisotopic (exact) mass is 377 g/mol. The third-order valence-corrected chi connectivity index (χ3v) is 5.21. The number of nitrogens with zero attached hydrogens (tertiary/aromatic N) is 3. The van der Waals surface area contributed by atoms with Crippen molar-refractivity contribution in [3.05, 3.63) is 52.9 Å². The summed E-state index contributed by atoms with van der Waals surface area (Å²) in [6.45, 7) is 6.96. The Kier molecular flexibility index (Phi) is 5.33. The number of hydrogen-bond donors (Lipinski definition) is 1. The van der Waals surface area contributed by atoms with E-state index in [0.717, 1.165) is 17.8 Å². The highest BCUT2D eigenvalue weighted by molar-refractivity contribution is 5.92. The van der Waals surface area contributed by atoms with E-state index in [9.17, 15) is 18.7 Å². The van der Waals surface area contributed by atoms with Gasteiger partial charge in [-0.25, -0.2) is 8.78 Å². The highest BCUT2D eigenvalue weighted by Gasteiger charge is 2.40. The van der Waals surface area contributed by atoms with Crippen LogP contribution in [0.1, 0.15) is 61.3 Å². The van der Waals surface area contributed by atoms with Gasteiger partial charge < -0.3 is 10.0 Å². The number of carbonyl (C=O) groups is 1. The van der Waals surface area contributed by atoms with E-state index in [0.29, 0.717) is 12.2 Å². The van der Waals surface area contributed by atoms with Gasteiger partial charge in [-0.3, -0.25) is 9.48 Å². The van der Waals surface area contributed by atoms with E-state index in [1.807, 2.05) is 20.8 Å². The maximum absolute atomic E-state index is 14.1. The number of aliphatic hydroxyl groups is 1. The van der Waals surface area contributed by atoms with Crippen LogP contribution in [-0.4, -0.2) is 38.8 Å². The van der Waals surface area contributed by atoms with Crippen LogP contribution in [0.25, 0.3) is 0 Å². The van der Waals surface area contributed by atoms with E-state index in [2.05, 4.69) is 5.10 Å². The summed E-state index contributed by atoms with van der Waals surface area (Å²) in [5, 5.41) is 15.3. The van der Waals surface area contributed by atoms with Crippen molar-refractivity contribution in [1.82, 2.24) is 14.7 Å². The molecule has 0 radical (unpaired) electrons. The van der Waals surface area contributed by atoms with Gasteiger partial charge in [-0.05, 0) is 43.9 Å². The van der Waals surface area contributed by atoms with Crippen molar-refractivity contribution >= 4 is 5.91 Å². The molecule has 1 aromatic heterocycles. The summed E-state index contributed by atoms with van der Waals surface area (Å²) in [4.78, 5) is 14.5. The number of hydrogen-bond acceptors (Lipinski definition) is 3. The van der Waals surface area contributed by atoms with E-state index in [4.69, 9.17) is 0 Å². The molecule has 0 bridgehead atoms. The fraction of sp³-hybridized carbons (Fsp3) is 0.500. The lowest BCUT2D eigenvalue weighted by Crippen LogP contribution is -2.46. The second-order valence-electron chi connectivity index (χ2n) is 7.35. The van der Waals surface area contributed by atoms with Crippen molar-refractivity contribution < 1.29 is 18.7 Å². The van der Waals surface area contributed by atoms with Crippen molar-refractivity contribution in [3.63, 3.8) is 0 Å². The first-order chi connectivity index (χ1) is 12.8. The Bertz CT molecular complexity index is 819. The zero-order valence-corrected chi connectivity index (χ0v) is 15.9. The summed E-state index contributed by atoms with van der Waals surface area (Å²) >= 11 is 0. The van der Waals surface area contributed by atoms with E-state index in [1.165, 1.54) is 6.07 Å². The minimum Gasteiger partial charge on any atom is -0.385 e. The van der Waals surface area contributed by atoms with Crippen molar-refractivity contribution in [2.24, 2.45) is 0 Å². The zero-order chi connectivity index (χ0) is 19.8. The first-order valence-corrected chi connectivity index (χ1v) is 9.30. The van der Waals surface area contributed by atoms with Crippen molar-refractivity contribution in [3.8, 4) is 0 Å². The average molecular weight is 377 g/mol. The first-order valence-electron chi connectivity index (χ1n) is 9.30. The summed E-state index contributed by atoms with van der Waals surface area (Å²) in [5.41, 5.74) is -0.566. The molecular formula is C20H25F2N3O2. The molecule has 2 aromatic rings. The third-order valence-electron chi connectivity index (χ3n) is 5.21. The first kappa shape index (κ1) is 19.5. The minimum atomic E-state index is -1.61. The van der Waals surface area contributed by atoms with Gasteiger partial charge in [0.1, 0.15) is 17.3 Å². The van der Waals surface area contributed by atoms with Crippen LogP contribution in [0.15, 0.2) is 24.3 Å². The maximum atomic E-state index is 14.1. The van der Waals surface area contributed by atoms with E-state index < -0.39 is 17.2 Å². The molecule has 1 aliphatic heterocycles. The molecule has 5 nitrogen and oxygen atoms in total. The number of rotatable bonds is 4. The van der Waals surface area contributed by atoms with Gasteiger partial charge in [-0.15, -0.1) is 0 Å². The molecule has 1 saturated heterocycles. The average Bonchev–Trinajstić information content (AvgIpc) is 3.06. The topological polar surface area (TPSA) is 58.4 Å². The molecule has 0 spiro atoms. The predicted molar refractivity (Wildman–Crippen MR) is 97.4 cm³/mol. The van der Waals surface area contributed by atoms with E-state index in [-0.39, 0.29) is 43.3 Å². The maximum Gasteiger partial charge on any atom is 0.272 e. The Morgan fingerprint density at radius 1 is 1.26 bits per heavy atom. The van der Waals surface area contributed by atoms with Gasteiger partial charge in [0.15, 0.2) is 0 Å². The molecule has 1 amide bonds. The van der Waals surface area contributed by atoms with Gasteiger partial charge in [0, 0.05) is 19.6 Å². The van der Waals surface area contributed by atoms with Gasteiger partial charge in [-0.2, -0.15) is 5.10 Å². The molecule has 0 saturated carbocycles. The van der Waals surface area contributed by atoms with Gasteiger partial charge in [0.2, 0.25) is 0 Å². The summed E-state index contributed by atoms with van der Waals surface area (Å²) in [6.07, 6.45) is 0.155. The fourth-order valence-electron chi connectivity index (χ4n) is 3.57. The van der Waals surface area contributed by atoms with Crippen molar-refractivity contribution in [2.75, 3.05) is 13.1 Å². The predicted octanol–water partition coefficient (Wildman–Crippen LogP) is 3.43. The van der Waals surface area contributed by atoms with E-state index in [1.54, 1.807) is 15.6 Å². The van der Waals surface area contributed by atoms with Crippen LogP contribution in [0.2, 0.25) is 0 Å². The standard InChI is InChI=1S/C20H25F2N3O2/c1-4-25-17(12-16(23-25)13(2)3)19(26)24-10-8-20(27,9-11-24)18-14(21)6-5-7-15(18)22/h5-7,12-13,27H,4,8-11H2,1-3H3. The Balaban J connectivity index is 1.79. The highest BCUT2D eigenvalue weighted by atomic mass is 19.1. The van der Waals surface area contributed by atoms with Crippen LogP contribution >= 0.6 is 0 Å². The molecule has 7 heteroatoms. The van der Waals surface area contributed by atoms with Crippen LogP contribution in [-0.2, 0) is 12.1 Å². The van der Waals surface area contributed by atoms with Crippen LogP contribution < -0.4 is 0 Å². The van der Waals surface area contributed by atoms with Crippen LogP contribution in [0.5, 0.6) is 0 Å². The number of amides is 1. The molecule has 146 valence electrons. The Morgan fingerprint density at radius 3 is 2.37 bits per heavy atom. The molecule has 27 heavy (non-hydrogen) atoms. The molecule has 3 rings (SSSR count). The third kappa shape index (κ3) is 3.60. The lowest BCUT2D eigenvalue weighted by molar-refractivity contribution is -0.0264. The quantitative estimate of drug-likeness (QED) is 0.888. The lowest BCUT2D eigenvalue weighted by Gasteiger charge is -2.38. The Labute approximate surface area is 157 Å². The van der Waals surface area contributed by atoms with Crippen LogP contribution in [0.4, 0.5) is 8.78 Å². The number of piperidine rings is 1. The van der Waals surface area contributed by atoms with Crippen LogP contribution in [0.3, 0.4) is 0 Å². The zero-order valence-electron chi connectivity index (χ0n) is 15.9. The number of aromatic nitrogens is 2. The Morgan fingerprint density at radius 2 is 1.85 bits per heavy atom. The SMILES string of the molecule is CCn1nc(C(C)C)cc1C(=O)N1CCC(O)(c2c(F)cccc2F)CC1. The molecule has 1 fully saturated rings. The molecule has 1 N–H and O–H groups in total.